The van der Waals surface area contributed by atoms with E-state index < -0.39 is 26.9 Å². The maximum Gasteiger partial charge on any atom is 0.399 e. The van der Waals surface area contributed by atoms with Crippen LogP contribution in [-0.4, -0.2) is 28.2 Å². The number of aromatic nitrogens is 3. The summed E-state index contributed by atoms with van der Waals surface area (Å²) in [5.41, 5.74) is 5.88. The van der Waals surface area contributed by atoms with Crippen molar-refractivity contribution in [3.8, 4) is 11.1 Å². The fraction of sp³-hybridized carbons (Fsp3) is 0.211. The monoisotopic (exact) mass is 731 g/mol. The van der Waals surface area contributed by atoms with Crippen LogP contribution in [-0.2, 0) is 52.2 Å². The Morgan fingerprint density at radius 2 is 1.25 bits per heavy atom. The lowest BCUT2D eigenvalue weighted by Gasteiger charge is -2.36. The largest absolute Gasteiger partial charge is 0.399 e. The van der Waals surface area contributed by atoms with Crippen LogP contribution in [0.1, 0.15) is 36.1 Å². The minimum atomic E-state index is -4.55. The summed E-state index contributed by atoms with van der Waals surface area (Å²) < 4.78 is 70.9. The van der Waals surface area contributed by atoms with E-state index in [0.29, 0.717) is 23.7 Å². The van der Waals surface area contributed by atoms with Gasteiger partial charge >= 0.3 is 15.2 Å². The molecule has 6 aromatic rings. The summed E-state index contributed by atoms with van der Waals surface area (Å²) in [4.78, 5) is 0. The normalized spacial score (nSPS) is 13.3. The van der Waals surface area contributed by atoms with Gasteiger partial charge in [0.05, 0.1) is 35.7 Å². The van der Waals surface area contributed by atoms with E-state index in [1.807, 2.05) is 89.6 Å². The fourth-order valence-electron chi connectivity index (χ4n) is 6.39. The van der Waals surface area contributed by atoms with Crippen LogP contribution in [0.3, 0.4) is 0 Å². The van der Waals surface area contributed by atoms with Crippen molar-refractivity contribution in [3.63, 3.8) is 0 Å². The molecule has 0 saturated heterocycles. The molecule has 0 saturated carbocycles. The lowest BCUT2D eigenvalue weighted by molar-refractivity contribution is -0.0881. The Kier molecular flexibility index (Phi) is 11.4. The molecule has 51 heavy (non-hydrogen) atoms. The molecule has 0 aliphatic rings. The molecule has 1 aromatic heterocycles. The number of hydrogen-bond donors (Lipinski definition) is 0. The van der Waals surface area contributed by atoms with E-state index in [1.165, 1.54) is 0 Å². The molecule has 13 heteroatoms. The standard InChI is InChI=1S/C38H37F2N3O6P2/c1-3-46-51(45,47-4-2)35-14-10-11-33(25-35)32-23-21-30(22-24-32)27-38(34-12-6-5-7-13-34,43-37-16-9-8-15-36(37)41-42-43)26-29-17-19-31(20-18-29)28-50(44,48-39)49-40/h5-25H,3-4,26-28H2,1-2H3. The number of halogens is 2. The van der Waals surface area contributed by atoms with E-state index in [0.717, 1.165) is 38.9 Å². The number of para-hydroxylation sites is 1. The molecule has 0 fully saturated rings. The third-order valence-electron chi connectivity index (χ3n) is 8.72. The summed E-state index contributed by atoms with van der Waals surface area (Å²) in [6, 6.07) is 40.4. The number of nitrogens with zero attached hydrogens (tertiary/aromatic N) is 3. The van der Waals surface area contributed by atoms with Gasteiger partial charge in [0.1, 0.15) is 5.52 Å². The van der Waals surface area contributed by atoms with Crippen molar-refractivity contribution < 1.29 is 36.7 Å². The van der Waals surface area contributed by atoms with Gasteiger partial charge in [-0.15, -0.1) is 14.6 Å². The zero-order chi connectivity index (χ0) is 35.9. The minimum Gasteiger partial charge on any atom is -0.305 e. The highest BCUT2D eigenvalue weighted by Crippen LogP contribution is 2.52. The van der Waals surface area contributed by atoms with Gasteiger partial charge in [0.25, 0.3) is 0 Å². The molecule has 0 spiro atoms. The first-order chi connectivity index (χ1) is 24.7. The van der Waals surface area contributed by atoms with Crippen molar-refractivity contribution >= 4 is 31.5 Å². The molecular weight excluding hydrogens is 694 g/mol. The zero-order valence-electron chi connectivity index (χ0n) is 28.1. The Balaban J connectivity index is 1.41. The predicted molar refractivity (Wildman–Crippen MR) is 193 cm³/mol. The van der Waals surface area contributed by atoms with Crippen molar-refractivity contribution in [3.05, 3.63) is 150 Å². The van der Waals surface area contributed by atoms with Gasteiger partial charge in [-0.05, 0) is 80.5 Å². The van der Waals surface area contributed by atoms with Crippen molar-refractivity contribution in [2.45, 2.75) is 38.4 Å². The second kappa shape index (κ2) is 15.9. The maximum atomic E-state index is 13.5. The lowest BCUT2D eigenvalue weighted by atomic mass is 9.78. The highest BCUT2D eigenvalue weighted by Gasteiger charge is 2.38. The maximum absolute atomic E-state index is 13.5. The molecule has 0 amide bonds. The number of rotatable bonds is 16. The molecule has 1 atom stereocenters. The van der Waals surface area contributed by atoms with Crippen molar-refractivity contribution in [1.29, 1.82) is 0 Å². The average molecular weight is 732 g/mol. The summed E-state index contributed by atoms with van der Waals surface area (Å²) in [5.74, 6) is 0. The lowest BCUT2D eigenvalue weighted by Crippen LogP contribution is -2.40. The topological polar surface area (TPSA) is 102 Å². The Morgan fingerprint density at radius 1 is 0.667 bits per heavy atom. The van der Waals surface area contributed by atoms with Gasteiger partial charge in [-0.3, -0.25) is 9.13 Å². The van der Waals surface area contributed by atoms with E-state index >= 15 is 0 Å². The van der Waals surface area contributed by atoms with Gasteiger partial charge in [0, 0.05) is 12.8 Å². The van der Waals surface area contributed by atoms with Crippen molar-refractivity contribution in [2.75, 3.05) is 13.2 Å². The molecule has 0 aliphatic carbocycles. The third-order valence-corrected chi connectivity index (χ3v) is 12.0. The Bertz CT molecular complexity index is 2150. The van der Waals surface area contributed by atoms with Gasteiger partial charge in [0.2, 0.25) is 0 Å². The second-order valence-corrected chi connectivity index (χ2v) is 15.9. The van der Waals surface area contributed by atoms with Crippen LogP contribution in [0.25, 0.3) is 22.2 Å². The molecule has 0 bridgehead atoms. The predicted octanol–water partition coefficient (Wildman–Crippen LogP) is 9.71. The van der Waals surface area contributed by atoms with Crippen molar-refractivity contribution in [1.82, 2.24) is 15.0 Å². The Morgan fingerprint density at radius 3 is 1.88 bits per heavy atom. The number of fused-ring (bicyclic) bond motifs is 1. The first-order valence-electron chi connectivity index (χ1n) is 16.5. The molecule has 0 radical (unpaired) electrons. The first-order valence-corrected chi connectivity index (χ1v) is 19.7. The van der Waals surface area contributed by atoms with Crippen LogP contribution in [0.2, 0.25) is 0 Å². The highest BCUT2D eigenvalue weighted by atomic mass is 31.2. The van der Waals surface area contributed by atoms with Crippen LogP contribution in [0, 0.1) is 0 Å². The summed E-state index contributed by atoms with van der Waals surface area (Å²) in [6.07, 6.45) is 0.397. The molecule has 0 aliphatic heterocycles. The number of hydrogen-bond acceptors (Lipinski definition) is 8. The Hall–Kier alpha value is -4.34. The van der Waals surface area contributed by atoms with Crippen molar-refractivity contribution in [2.24, 2.45) is 0 Å². The van der Waals surface area contributed by atoms with Crippen LogP contribution in [0.5, 0.6) is 0 Å². The van der Waals surface area contributed by atoms with Gasteiger partial charge in [-0.25, -0.2) is 4.68 Å². The summed E-state index contributed by atoms with van der Waals surface area (Å²) in [7, 11) is -8.01. The fourth-order valence-corrected chi connectivity index (χ4v) is 8.79. The SMILES string of the molecule is CCOP(=O)(OCC)c1cccc(-c2ccc(CC(Cc3ccc(CP(=O)(OF)OF)cc3)(c3ccccc3)n3nnc4ccccc43)cc2)c1. The van der Waals surface area contributed by atoms with Crippen LogP contribution >= 0.6 is 15.2 Å². The van der Waals surface area contributed by atoms with Gasteiger partial charge in [-0.2, -0.15) is 0 Å². The molecule has 1 heterocycles. The van der Waals surface area contributed by atoms with Gasteiger partial charge in [0.15, 0.2) is 0 Å². The van der Waals surface area contributed by atoms with E-state index in [9.17, 15) is 18.2 Å². The van der Waals surface area contributed by atoms with E-state index in [2.05, 4.69) is 38.8 Å². The quantitative estimate of drug-likeness (QED) is 0.0908. The smallest absolute Gasteiger partial charge is 0.305 e. The molecule has 6 rings (SSSR count). The number of benzene rings is 5. The minimum absolute atomic E-state index is 0.259. The zero-order valence-corrected chi connectivity index (χ0v) is 29.9. The van der Waals surface area contributed by atoms with Crippen LogP contribution < -0.4 is 5.30 Å². The molecule has 9 nitrogen and oxygen atoms in total. The van der Waals surface area contributed by atoms with Gasteiger partial charge in [-0.1, -0.05) is 108 Å². The van der Waals surface area contributed by atoms with Crippen LogP contribution in [0.4, 0.5) is 9.05 Å². The third kappa shape index (κ3) is 7.95. The molecule has 5 aromatic carbocycles. The summed E-state index contributed by atoms with van der Waals surface area (Å²) >= 11 is 0. The molecule has 1 unspecified atom stereocenters. The molecule has 264 valence electrons. The highest BCUT2D eigenvalue weighted by molar-refractivity contribution is 7.62. The average Bonchev–Trinajstić information content (AvgIpc) is 3.61. The van der Waals surface area contributed by atoms with Gasteiger partial charge < -0.3 is 9.05 Å². The van der Waals surface area contributed by atoms with E-state index in [1.54, 1.807) is 32.0 Å². The molecular formula is C38H37F2N3O6P2. The Labute approximate surface area is 295 Å². The van der Waals surface area contributed by atoms with E-state index in [4.69, 9.17) is 14.3 Å². The summed E-state index contributed by atoms with van der Waals surface area (Å²) in [5, 5.41) is 9.73. The summed E-state index contributed by atoms with van der Waals surface area (Å²) in [6.45, 7) is 4.09. The van der Waals surface area contributed by atoms with E-state index in [-0.39, 0.29) is 13.2 Å². The first kappa shape index (κ1) is 36.5. The second-order valence-electron chi connectivity index (χ2n) is 12.0. The van der Waals surface area contributed by atoms with Crippen LogP contribution in [0.15, 0.2) is 127 Å². The molecule has 0 N–H and O–H groups in total.